The molecule has 0 aromatic carbocycles. The maximum absolute atomic E-state index is 5.21. The largest absolute Gasteiger partial charge is 0.380 e. The van der Waals surface area contributed by atoms with Gasteiger partial charge in [-0.2, -0.15) is 0 Å². The maximum Gasteiger partial charge on any atom is 0.0724 e. The van der Waals surface area contributed by atoms with Crippen molar-refractivity contribution in [3.63, 3.8) is 0 Å². The average Bonchev–Trinajstić information content (AvgIpc) is 2.33. The lowest BCUT2D eigenvalue weighted by Gasteiger charge is -2.16. The van der Waals surface area contributed by atoms with Crippen molar-refractivity contribution in [2.45, 2.75) is 31.4 Å². The number of rotatable bonds is 2. The van der Waals surface area contributed by atoms with Crippen molar-refractivity contribution in [2.75, 3.05) is 7.11 Å². The molecule has 0 aromatic rings. The molecule has 0 amide bonds. The van der Waals surface area contributed by atoms with Crippen LogP contribution in [-0.4, -0.2) is 19.3 Å². The fourth-order valence-corrected chi connectivity index (χ4v) is 1.44. The molecule has 1 saturated carbocycles. The van der Waals surface area contributed by atoms with E-state index in [1.807, 2.05) is 0 Å². The fraction of sp³-hybridized carbons (Fsp3) is 0.857. The van der Waals surface area contributed by atoms with Gasteiger partial charge in [0.25, 0.3) is 0 Å². The van der Waals surface area contributed by atoms with Crippen molar-refractivity contribution in [3.05, 3.63) is 7.05 Å². The van der Waals surface area contributed by atoms with Crippen molar-refractivity contribution in [2.24, 2.45) is 0 Å². The Bertz CT molecular complexity index is 75.0. The van der Waals surface area contributed by atoms with Gasteiger partial charge in [0.05, 0.1) is 6.10 Å². The van der Waals surface area contributed by atoms with Gasteiger partial charge in [-0.15, -0.1) is 0 Å². The third-order valence-corrected chi connectivity index (χ3v) is 2.02. The maximum atomic E-state index is 5.21. The molecular formula is C7H14NO. The van der Waals surface area contributed by atoms with Gasteiger partial charge in [-0.1, -0.05) is 0 Å². The van der Waals surface area contributed by atoms with Gasteiger partial charge in [-0.3, -0.25) is 0 Å². The Morgan fingerprint density at radius 2 is 2.33 bits per heavy atom. The summed E-state index contributed by atoms with van der Waals surface area (Å²) in [5.41, 5.74) is 0. The predicted octanol–water partition coefficient (Wildman–Crippen LogP) is 0.935. The van der Waals surface area contributed by atoms with Gasteiger partial charge >= 0.3 is 0 Å². The zero-order valence-corrected chi connectivity index (χ0v) is 5.89. The molecule has 2 atom stereocenters. The van der Waals surface area contributed by atoms with Crippen molar-refractivity contribution in [1.29, 1.82) is 0 Å². The van der Waals surface area contributed by atoms with Crippen LogP contribution in [0.4, 0.5) is 0 Å². The summed E-state index contributed by atoms with van der Waals surface area (Å²) in [4.78, 5) is 0. The number of hydrogen-bond acceptors (Lipinski definition) is 2. The van der Waals surface area contributed by atoms with Crippen LogP contribution in [0.25, 0.3) is 0 Å². The summed E-state index contributed by atoms with van der Waals surface area (Å²) in [5, 5.41) is 2.99. The average molecular weight is 128 g/mol. The lowest BCUT2D eigenvalue weighted by molar-refractivity contribution is 0.0890. The summed E-state index contributed by atoms with van der Waals surface area (Å²) in [6.45, 7) is 0. The molecule has 53 valence electrons. The second-order valence-electron chi connectivity index (χ2n) is 2.52. The van der Waals surface area contributed by atoms with E-state index >= 15 is 0 Å². The first-order chi connectivity index (χ1) is 4.38. The highest BCUT2D eigenvalue weighted by Crippen LogP contribution is 2.20. The zero-order chi connectivity index (χ0) is 6.69. The van der Waals surface area contributed by atoms with E-state index in [1.165, 1.54) is 19.3 Å². The van der Waals surface area contributed by atoms with Gasteiger partial charge in [-0.25, -0.2) is 0 Å². The summed E-state index contributed by atoms with van der Waals surface area (Å²) in [6, 6.07) is 0.495. The van der Waals surface area contributed by atoms with E-state index in [0.29, 0.717) is 12.1 Å². The van der Waals surface area contributed by atoms with Crippen LogP contribution in [0.3, 0.4) is 0 Å². The lowest BCUT2D eigenvalue weighted by Crippen LogP contribution is -2.32. The molecule has 1 rings (SSSR count). The number of methoxy groups -OCH3 is 1. The minimum atomic E-state index is 0.405. The van der Waals surface area contributed by atoms with E-state index in [0.717, 1.165) is 0 Å². The molecule has 0 spiro atoms. The summed E-state index contributed by atoms with van der Waals surface area (Å²) in [7, 11) is 5.40. The molecule has 1 radical (unpaired) electrons. The Labute approximate surface area is 56.6 Å². The molecule has 1 fully saturated rings. The van der Waals surface area contributed by atoms with Gasteiger partial charge in [-0.05, 0) is 19.3 Å². The first-order valence-corrected chi connectivity index (χ1v) is 3.44. The third-order valence-electron chi connectivity index (χ3n) is 2.02. The summed E-state index contributed by atoms with van der Waals surface area (Å²) in [6.07, 6.45) is 4.07. The lowest BCUT2D eigenvalue weighted by atomic mass is 10.2. The second kappa shape index (κ2) is 3.18. The molecule has 9 heavy (non-hydrogen) atoms. The van der Waals surface area contributed by atoms with Crippen LogP contribution in [0.1, 0.15) is 19.3 Å². The molecule has 0 heterocycles. The molecule has 1 aliphatic rings. The standard InChI is InChI=1S/C7H14NO/c1-8-6-4-3-5-7(6)9-2/h6-8H,1,3-5H2,2H3/t6-,7+/m1/s1. The molecule has 1 aliphatic carbocycles. The molecule has 0 aromatic heterocycles. The minimum absolute atomic E-state index is 0.405. The molecule has 0 unspecified atom stereocenters. The van der Waals surface area contributed by atoms with Gasteiger partial charge in [0.15, 0.2) is 0 Å². The van der Waals surface area contributed by atoms with Crippen molar-refractivity contribution >= 4 is 0 Å². The highest BCUT2D eigenvalue weighted by atomic mass is 16.5. The molecule has 2 nitrogen and oxygen atoms in total. The van der Waals surface area contributed by atoms with Crippen LogP contribution in [-0.2, 0) is 4.74 Å². The van der Waals surface area contributed by atoms with Crippen molar-refractivity contribution < 1.29 is 4.74 Å². The van der Waals surface area contributed by atoms with Crippen LogP contribution in [0.5, 0.6) is 0 Å². The number of ether oxygens (including phenoxy) is 1. The zero-order valence-electron chi connectivity index (χ0n) is 5.89. The Balaban J connectivity index is 2.32. The van der Waals surface area contributed by atoms with E-state index in [4.69, 9.17) is 4.74 Å². The second-order valence-corrected chi connectivity index (χ2v) is 2.52. The smallest absolute Gasteiger partial charge is 0.0724 e. The molecule has 1 N–H and O–H groups in total. The van der Waals surface area contributed by atoms with Gasteiger partial charge in [0.2, 0.25) is 0 Å². The Morgan fingerprint density at radius 1 is 1.56 bits per heavy atom. The monoisotopic (exact) mass is 128 g/mol. The van der Waals surface area contributed by atoms with E-state index in [9.17, 15) is 0 Å². The quantitative estimate of drug-likeness (QED) is 0.597. The van der Waals surface area contributed by atoms with Crippen LogP contribution in [0, 0.1) is 7.05 Å². The first-order valence-electron chi connectivity index (χ1n) is 3.44. The first kappa shape index (κ1) is 7.03. The fourth-order valence-electron chi connectivity index (χ4n) is 1.44. The van der Waals surface area contributed by atoms with Crippen LogP contribution >= 0.6 is 0 Å². The molecule has 0 saturated heterocycles. The van der Waals surface area contributed by atoms with Crippen LogP contribution in [0.15, 0.2) is 0 Å². The van der Waals surface area contributed by atoms with Gasteiger partial charge in [0, 0.05) is 20.2 Å². The molecule has 2 heteroatoms. The predicted molar refractivity (Wildman–Crippen MR) is 36.9 cm³/mol. The number of nitrogens with one attached hydrogen (secondary N) is 1. The van der Waals surface area contributed by atoms with Crippen LogP contribution < -0.4 is 5.32 Å². The van der Waals surface area contributed by atoms with E-state index in [2.05, 4.69) is 12.4 Å². The summed E-state index contributed by atoms with van der Waals surface area (Å²) in [5.74, 6) is 0. The molecular weight excluding hydrogens is 114 g/mol. The Morgan fingerprint density at radius 3 is 2.78 bits per heavy atom. The van der Waals surface area contributed by atoms with Crippen LogP contribution in [0.2, 0.25) is 0 Å². The van der Waals surface area contributed by atoms with E-state index < -0.39 is 0 Å². The summed E-state index contributed by atoms with van der Waals surface area (Å²) >= 11 is 0. The highest BCUT2D eigenvalue weighted by molar-refractivity contribution is 4.83. The molecule has 0 aliphatic heterocycles. The minimum Gasteiger partial charge on any atom is -0.380 e. The van der Waals surface area contributed by atoms with E-state index in [-0.39, 0.29) is 0 Å². The van der Waals surface area contributed by atoms with Gasteiger partial charge in [0.1, 0.15) is 0 Å². The highest BCUT2D eigenvalue weighted by Gasteiger charge is 2.24. The van der Waals surface area contributed by atoms with Crippen molar-refractivity contribution in [1.82, 2.24) is 5.32 Å². The SMILES string of the molecule is [CH2]N[C@@H]1CCC[C@@H]1OC. The Hall–Kier alpha value is -0.0800. The Kier molecular flexibility index (Phi) is 2.49. The van der Waals surface area contributed by atoms with E-state index in [1.54, 1.807) is 7.11 Å². The normalized spacial score (nSPS) is 35.3. The topological polar surface area (TPSA) is 21.3 Å². The van der Waals surface area contributed by atoms with Crippen molar-refractivity contribution in [3.8, 4) is 0 Å². The number of hydrogen-bond donors (Lipinski definition) is 1. The summed E-state index contributed by atoms with van der Waals surface area (Å²) < 4.78 is 5.21. The van der Waals surface area contributed by atoms with Gasteiger partial charge < -0.3 is 10.1 Å². The third kappa shape index (κ3) is 1.43. The molecule has 0 bridgehead atoms.